The van der Waals surface area contributed by atoms with Crippen LogP contribution in [0.4, 0.5) is 5.69 Å². The van der Waals surface area contributed by atoms with Gasteiger partial charge in [-0.2, -0.15) is 0 Å². The molecular formula is C12H17N3O3. The summed E-state index contributed by atoms with van der Waals surface area (Å²) in [4.78, 5) is 22.8. The van der Waals surface area contributed by atoms with Crippen LogP contribution in [0.3, 0.4) is 0 Å². The largest absolute Gasteiger partial charge is 0.395 e. The quantitative estimate of drug-likeness (QED) is 0.576. The summed E-state index contributed by atoms with van der Waals surface area (Å²) in [6.07, 6.45) is 0. The molecule has 0 bridgehead atoms. The van der Waals surface area contributed by atoms with Gasteiger partial charge in [-0.3, -0.25) is 9.59 Å². The second-order valence-electron chi connectivity index (χ2n) is 3.83. The summed E-state index contributed by atoms with van der Waals surface area (Å²) in [6, 6.07) is 5.83. The zero-order valence-electron chi connectivity index (χ0n) is 10.1. The number of nitrogens with two attached hydrogens (primary N) is 1. The molecule has 1 atom stereocenters. The molecule has 0 aliphatic heterocycles. The lowest BCUT2D eigenvalue weighted by atomic mass is 10.2. The van der Waals surface area contributed by atoms with Crippen LogP contribution in [0, 0.1) is 0 Å². The fourth-order valence-electron chi connectivity index (χ4n) is 1.23. The summed E-state index contributed by atoms with van der Waals surface area (Å²) in [5.41, 5.74) is 6.46. The number of rotatable bonds is 5. The van der Waals surface area contributed by atoms with Crippen LogP contribution in [0.1, 0.15) is 17.3 Å². The van der Waals surface area contributed by atoms with Crippen LogP contribution < -0.4 is 16.4 Å². The first-order chi connectivity index (χ1) is 8.54. The fraction of sp³-hybridized carbons (Fsp3) is 0.333. The van der Waals surface area contributed by atoms with Crippen molar-refractivity contribution in [3.63, 3.8) is 0 Å². The number of hydrogen-bond donors (Lipinski definition) is 4. The van der Waals surface area contributed by atoms with E-state index >= 15 is 0 Å². The second-order valence-corrected chi connectivity index (χ2v) is 3.83. The Morgan fingerprint density at radius 1 is 1.33 bits per heavy atom. The van der Waals surface area contributed by atoms with Gasteiger partial charge in [-0.15, -0.1) is 0 Å². The highest BCUT2D eigenvalue weighted by atomic mass is 16.3. The van der Waals surface area contributed by atoms with Crippen molar-refractivity contribution in [2.24, 2.45) is 5.73 Å². The molecule has 0 aliphatic rings. The Balaban J connectivity index is 2.62. The minimum absolute atomic E-state index is 0.103. The van der Waals surface area contributed by atoms with Crippen molar-refractivity contribution in [3.8, 4) is 0 Å². The maximum atomic E-state index is 11.5. The predicted molar refractivity (Wildman–Crippen MR) is 68.1 cm³/mol. The van der Waals surface area contributed by atoms with E-state index in [-0.39, 0.29) is 25.0 Å². The number of aliphatic hydroxyl groups excluding tert-OH is 1. The number of hydrogen-bond acceptors (Lipinski definition) is 4. The third-order valence-corrected chi connectivity index (χ3v) is 2.23. The Bertz CT molecular complexity index is 415. The van der Waals surface area contributed by atoms with Gasteiger partial charge in [0, 0.05) is 17.8 Å². The number of anilines is 1. The molecule has 0 saturated carbocycles. The van der Waals surface area contributed by atoms with E-state index in [2.05, 4.69) is 10.6 Å². The molecule has 6 heteroatoms. The van der Waals surface area contributed by atoms with Crippen molar-refractivity contribution in [2.75, 3.05) is 18.5 Å². The van der Waals surface area contributed by atoms with Crippen molar-refractivity contribution in [3.05, 3.63) is 29.8 Å². The molecule has 0 radical (unpaired) electrons. The molecule has 18 heavy (non-hydrogen) atoms. The van der Waals surface area contributed by atoms with Gasteiger partial charge >= 0.3 is 0 Å². The lowest BCUT2D eigenvalue weighted by Gasteiger charge is -2.08. The number of aliphatic hydroxyl groups is 1. The highest BCUT2D eigenvalue weighted by Crippen LogP contribution is 2.09. The highest BCUT2D eigenvalue weighted by molar-refractivity contribution is 5.96. The molecule has 0 heterocycles. The summed E-state index contributed by atoms with van der Waals surface area (Å²) in [5, 5.41) is 13.7. The standard InChI is InChI=1S/C12H17N3O3/c1-8(13)11(17)15-10-4-2-9(3-5-10)12(18)14-6-7-16/h2-5,8,16H,6-7,13H2,1H3,(H,14,18)(H,15,17)/t8-/m0/s1. The summed E-state index contributed by atoms with van der Waals surface area (Å²) in [6.45, 7) is 1.70. The first-order valence-corrected chi connectivity index (χ1v) is 5.60. The normalized spacial score (nSPS) is 11.7. The lowest BCUT2D eigenvalue weighted by Crippen LogP contribution is -2.32. The molecule has 0 aliphatic carbocycles. The van der Waals surface area contributed by atoms with Gasteiger partial charge in [-0.1, -0.05) is 0 Å². The van der Waals surface area contributed by atoms with E-state index in [0.717, 1.165) is 0 Å². The van der Waals surface area contributed by atoms with E-state index in [9.17, 15) is 9.59 Å². The first-order valence-electron chi connectivity index (χ1n) is 5.60. The molecule has 0 fully saturated rings. The zero-order valence-corrected chi connectivity index (χ0v) is 10.1. The maximum Gasteiger partial charge on any atom is 0.251 e. The van der Waals surface area contributed by atoms with Crippen molar-refractivity contribution in [2.45, 2.75) is 13.0 Å². The van der Waals surface area contributed by atoms with E-state index in [1.54, 1.807) is 31.2 Å². The smallest absolute Gasteiger partial charge is 0.251 e. The maximum absolute atomic E-state index is 11.5. The molecular weight excluding hydrogens is 234 g/mol. The van der Waals surface area contributed by atoms with Gasteiger partial charge in [0.15, 0.2) is 0 Å². The van der Waals surface area contributed by atoms with Crippen LogP contribution in [-0.4, -0.2) is 36.1 Å². The van der Waals surface area contributed by atoms with Gasteiger partial charge in [0.2, 0.25) is 5.91 Å². The average molecular weight is 251 g/mol. The molecule has 6 nitrogen and oxygen atoms in total. The predicted octanol–water partition coefficient (Wildman–Crippen LogP) is -0.306. The third-order valence-electron chi connectivity index (χ3n) is 2.23. The van der Waals surface area contributed by atoms with E-state index in [1.165, 1.54) is 0 Å². The summed E-state index contributed by atoms with van der Waals surface area (Å²) in [5.74, 6) is -0.554. The number of carbonyl (C=O) groups excluding carboxylic acids is 2. The molecule has 2 amide bonds. The molecule has 0 aromatic heterocycles. The third kappa shape index (κ3) is 4.15. The molecule has 0 saturated heterocycles. The van der Waals surface area contributed by atoms with Crippen LogP contribution in [0.15, 0.2) is 24.3 Å². The molecule has 1 aromatic carbocycles. The van der Waals surface area contributed by atoms with Crippen molar-refractivity contribution in [1.82, 2.24) is 5.32 Å². The number of benzene rings is 1. The molecule has 0 unspecified atom stereocenters. The van der Waals surface area contributed by atoms with E-state index in [1.807, 2.05) is 0 Å². The van der Waals surface area contributed by atoms with E-state index < -0.39 is 6.04 Å². The summed E-state index contributed by atoms with van der Waals surface area (Å²) < 4.78 is 0. The highest BCUT2D eigenvalue weighted by Gasteiger charge is 2.08. The van der Waals surface area contributed by atoms with Crippen molar-refractivity contribution < 1.29 is 14.7 Å². The SMILES string of the molecule is C[C@H](N)C(=O)Nc1ccc(C(=O)NCCO)cc1. The zero-order chi connectivity index (χ0) is 13.5. The van der Waals surface area contributed by atoms with Gasteiger partial charge in [0.25, 0.3) is 5.91 Å². The van der Waals surface area contributed by atoms with Crippen molar-refractivity contribution >= 4 is 17.5 Å². The van der Waals surface area contributed by atoms with Gasteiger partial charge in [0.1, 0.15) is 0 Å². The summed E-state index contributed by atoms with van der Waals surface area (Å²) in [7, 11) is 0. The Morgan fingerprint density at radius 2 is 1.94 bits per heavy atom. The Labute approximate surface area is 105 Å². The number of carbonyl (C=O) groups is 2. The topological polar surface area (TPSA) is 104 Å². The molecule has 5 N–H and O–H groups in total. The lowest BCUT2D eigenvalue weighted by molar-refractivity contribution is -0.117. The number of nitrogens with one attached hydrogen (secondary N) is 2. The number of amides is 2. The van der Waals surface area contributed by atoms with Crippen LogP contribution in [0.2, 0.25) is 0 Å². The molecule has 0 spiro atoms. The molecule has 98 valence electrons. The minimum atomic E-state index is -0.586. The van der Waals surface area contributed by atoms with Crippen LogP contribution in [0.25, 0.3) is 0 Å². The van der Waals surface area contributed by atoms with Crippen LogP contribution in [-0.2, 0) is 4.79 Å². The first kappa shape index (κ1) is 14.1. The molecule has 1 rings (SSSR count). The van der Waals surface area contributed by atoms with Crippen molar-refractivity contribution in [1.29, 1.82) is 0 Å². The second kappa shape index (κ2) is 6.73. The average Bonchev–Trinajstić information content (AvgIpc) is 2.36. The van der Waals surface area contributed by atoms with Crippen LogP contribution >= 0.6 is 0 Å². The minimum Gasteiger partial charge on any atom is -0.395 e. The Hall–Kier alpha value is -1.92. The van der Waals surface area contributed by atoms with E-state index in [0.29, 0.717) is 11.3 Å². The Morgan fingerprint density at radius 3 is 2.44 bits per heavy atom. The fourth-order valence-corrected chi connectivity index (χ4v) is 1.23. The Kier molecular flexibility index (Phi) is 5.29. The van der Waals surface area contributed by atoms with E-state index in [4.69, 9.17) is 10.8 Å². The van der Waals surface area contributed by atoms with Gasteiger partial charge in [-0.25, -0.2) is 0 Å². The monoisotopic (exact) mass is 251 g/mol. The van der Waals surface area contributed by atoms with Gasteiger partial charge < -0.3 is 21.5 Å². The van der Waals surface area contributed by atoms with Crippen LogP contribution in [0.5, 0.6) is 0 Å². The van der Waals surface area contributed by atoms with Gasteiger partial charge in [-0.05, 0) is 31.2 Å². The molecule has 1 aromatic rings. The van der Waals surface area contributed by atoms with Gasteiger partial charge in [0.05, 0.1) is 12.6 Å². The summed E-state index contributed by atoms with van der Waals surface area (Å²) >= 11 is 0.